The van der Waals surface area contributed by atoms with Crippen molar-refractivity contribution in [3.8, 4) is 11.4 Å². The molecular weight excluding hydrogens is 314 g/mol. The smallest absolute Gasteiger partial charge is 0.183 e. The van der Waals surface area contributed by atoms with Crippen molar-refractivity contribution >= 4 is 17.9 Å². The van der Waals surface area contributed by atoms with E-state index in [4.69, 9.17) is 12.2 Å². The van der Waals surface area contributed by atoms with Gasteiger partial charge in [-0.3, -0.25) is 0 Å². The summed E-state index contributed by atoms with van der Waals surface area (Å²) in [4.78, 5) is 0. The average Bonchev–Trinajstić information content (AvgIpc) is 2.90. The third-order valence-corrected chi connectivity index (χ3v) is 4.58. The molecule has 0 saturated heterocycles. The number of rotatable bonds is 2. The molecule has 4 aromatic rings. The third-order valence-electron chi connectivity index (χ3n) is 4.23. The maximum atomic E-state index is 5.85. The van der Waals surface area contributed by atoms with Crippen LogP contribution < -0.4 is 4.57 Å². The molecule has 2 aromatic carbocycles. The highest BCUT2D eigenvalue weighted by molar-refractivity contribution is 7.71. The van der Waals surface area contributed by atoms with Crippen LogP contribution in [0.5, 0.6) is 0 Å². The maximum absolute atomic E-state index is 5.85. The highest BCUT2D eigenvalue weighted by Gasteiger charge is 2.22. The first kappa shape index (κ1) is 14.8. The van der Waals surface area contributed by atoms with Crippen LogP contribution in [-0.4, -0.2) is 9.20 Å². The predicted molar refractivity (Wildman–Crippen MR) is 98.6 cm³/mol. The number of hydrogen-bond acceptors (Lipinski definition) is 1. The minimum atomic E-state index is 0.749. The standard InChI is InChI=1S/C20H18N3S/c1-15-11-13-18(14-12-15)23-20(24)21(17-8-4-3-5-9-17)19-10-6-7-16(2)22(19)23/h3-14H,1-2H3/q+1. The summed E-state index contributed by atoms with van der Waals surface area (Å²) >= 11 is 5.85. The van der Waals surface area contributed by atoms with E-state index in [0.717, 1.165) is 27.5 Å². The van der Waals surface area contributed by atoms with E-state index in [1.54, 1.807) is 0 Å². The van der Waals surface area contributed by atoms with Gasteiger partial charge in [-0.15, -0.1) is 4.52 Å². The molecule has 3 nitrogen and oxygen atoms in total. The number of aromatic nitrogens is 3. The molecule has 0 spiro atoms. The van der Waals surface area contributed by atoms with Gasteiger partial charge in [0.25, 0.3) is 5.65 Å². The lowest BCUT2D eigenvalue weighted by molar-refractivity contribution is -0.576. The zero-order chi connectivity index (χ0) is 16.7. The zero-order valence-corrected chi connectivity index (χ0v) is 14.5. The van der Waals surface area contributed by atoms with Crippen molar-refractivity contribution in [3.05, 3.63) is 88.8 Å². The second-order valence-corrected chi connectivity index (χ2v) is 6.30. The summed E-state index contributed by atoms with van der Waals surface area (Å²) in [6.07, 6.45) is 0. The van der Waals surface area contributed by atoms with Crippen molar-refractivity contribution in [2.75, 3.05) is 0 Å². The van der Waals surface area contributed by atoms with Crippen molar-refractivity contribution in [1.29, 1.82) is 0 Å². The van der Waals surface area contributed by atoms with Gasteiger partial charge >= 0.3 is 4.77 Å². The van der Waals surface area contributed by atoms with Gasteiger partial charge in [-0.25, -0.2) is 0 Å². The Labute approximate surface area is 146 Å². The minimum Gasteiger partial charge on any atom is -0.183 e. The van der Waals surface area contributed by atoms with Crippen LogP contribution in [0, 0.1) is 18.6 Å². The van der Waals surface area contributed by atoms with Crippen LogP contribution in [0.4, 0.5) is 0 Å². The molecule has 0 saturated carbocycles. The minimum absolute atomic E-state index is 0.749. The summed E-state index contributed by atoms with van der Waals surface area (Å²) in [7, 11) is 0. The second kappa shape index (κ2) is 5.73. The predicted octanol–water partition coefficient (Wildman–Crippen LogP) is 4.35. The number of benzene rings is 2. The van der Waals surface area contributed by atoms with Crippen LogP contribution in [0.1, 0.15) is 11.3 Å². The van der Waals surface area contributed by atoms with E-state index in [1.165, 1.54) is 5.56 Å². The quantitative estimate of drug-likeness (QED) is 0.393. The molecule has 0 aliphatic heterocycles. The number of nitrogens with zero attached hydrogens (tertiary/aromatic N) is 3. The van der Waals surface area contributed by atoms with Crippen LogP contribution in [0.2, 0.25) is 0 Å². The van der Waals surface area contributed by atoms with Crippen LogP contribution in [-0.2, 0) is 0 Å². The molecule has 0 unspecified atom stereocenters. The molecule has 0 amide bonds. The summed E-state index contributed by atoms with van der Waals surface area (Å²) in [5.74, 6) is 0. The van der Waals surface area contributed by atoms with Gasteiger partial charge in [0.05, 0.1) is 0 Å². The highest BCUT2D eigenvalue weighted by atomic mass is 32.1. The molecule has 0 atom stereocenters. The van der Waals surface area contributed by atoms with E-state index >= 15 is 0 Å². The van der Waals surface area contributed by atoms with Crippen molar-refractivity contribution < 1.29 is 4.57 Å². The first-order valence-electron chi connectivity index (χ1n) is 7.95. The summed E-state index contributed by atoms with van der Waals surface area (Å²) in [5, 5.41) is 0. The Bertz CT molecular complexity index is 1070. The number of aryl methyl sites for hydroxylation is 2. The van der Waals surface area contributed by atoms with E-state index in [-0.39, 0.29) is 0 Å². The van der Waals surface area contributed by atoms with Gasteiger partial charge < -0.3 is 0 Å². The second-order valence-electron chi connectivity index (χ2n) is 5.94. The SMILES string of the molecule is Cc1ccc(-n2c(=S)[n+](-c3ccccc3)c3cccc(C)n32)cc1. The Morgan fingerprint density at radius 3 is 2.21 bits per heavy atom. The van der Waals surface area contributed by atoms with Gasteiger partial charge in [-0.2, -0.15) is 4.57 Å². The van der Waals surface area contributed by atoms with Gasteiger partial charge in [-0.05, 0) is 56.4 Å². The molecule has 4 heteroatoms. The monoisotopic (exact) mass is 332 g/mol. The summed E-state index contributed by atoms with van der Waals surface area (Å²) in [6, 6.07) is 25.0. The average molecular weight is 332 g/mol. The van der Waals surface area contributed by atoms with E-state index in [9.17, 15) is 0 Å². The Balaban J connectivity index is 2.13. The maximum Gasteiger partial charge on any atom is 0.336 e. The van der Waals surface area contributed by atoms with Crippen molar-refractivity contribution in [3.63, 3.8) is 0 Å². The molecule has 2 aromatic heterocycles. The van der Waals surface area contributed by atoms with Crippen molar-refractivity contribution in [2.24, 2.45) is 0 Å². The zero-order valence-electron chi connectivity index (χ0n) is 13.7. The fraction of sp³-hybridized carbons (Fsp3) is 0.100. The van der Waals surface area contributed by atoms with Crippen molar-refractivity contribution in [1.82, 2.24) is 9.20 Å². The van der Waals surface area contributed by atoms with Gasteiger partial charge in [0.15, 0.2) is 0 Å². The molecule has 2 heterocycles. The Morgan fingerprint density at radius 2 is 1.50 bits per heavy atom. The molecule has 4 rings (SSSR count). The highest BCUT2D eigenvalue weighted by Crippen LogP contribution is 2.15. The van der Waals surface area contributed by atoms with Gasteiger partial charge in [-0.1, -0.05) is 46.6 Å². The first-order chi connectivity index (χ1) is 11.7. The van der Waals surface area contributed by atoms with Gasteiger partial charge in [0.1, 0.15) is 17.1 Å². The number of pyridine rings is 1. The summed E-state index contributed by atoms with van der Waals surface area (Å²) in [6.45, 7) is 4.19. The molecule has 0 fully saturated rings. The normalized spacial score (nSPS) is 11.1. The third kappa shape index (κ3) is 2.27. The van der Waals surface area contributed by atoms with E-state index < -0.39 is 0 Å². The Morgan fingerprint density at radius 1 is 0.792 bits per heavy atom. The molecular formula is C20H18N3S+. The van der Waals surface area contributed by atoms with Gasteiger partial charge in [0, 0.05) is 6.07 Å². The number of fused-ring (bicyclic) bond motifs is 1. The molecule has 118 valence electrons. The van der Waals surface area contributed by atoms with Crippen LogP contribution in [0.3, 0.4) is 0 Å². The van der Waals surface area contributed by atoms with Crippen LogP contribution in [0.25, 0.3) is 17.0 Å². The Kier molecular flexibility index (Phi) is 3.54. The topological polar surface area (TPSA) is 13.2 Å². The fourth-order valence-corrected chi connectivity index (χ4v) is 3.42. The lowest BCUT2D eigenvalue weighted by Gasteiger charge is -2.00. The van der Waals surface area contributed by atoms with Crippen LogP contribution in [0.15, 0.2) is 72.8 Å². The lowest BCUT2D eigenvalue weighted by atomic mass is 10.2. The summed E-state index contributed by atoms with van der Waals surface area (Å²) < 4.78 is 7.12. The molecule has 0 radical (unpaired) electrons. The molecule has 0 aliphatic rings. The van der Waals surface area contributed by atoms with Crippen molar-refractivity contribution in [2.45, 2.75) is 13.8 Å². The molecule has 0 aliphatic carbocycles. The van der Waals surface area contributed by atoms with E-state index in [0.29, 0.717) is 0 Å². The largest absolute Gasteiger partial charge is 0.336 e. The van der Waals surface area contributed by atoms with Gasteiger partial charge in [0.2, 0.25) is 0 Å². The number of para-hydroxylation sites is 1. The van der Waals surface area contributed by atoms with E-state index in [1.807, 2.05) is 18.2 Å². The molecule has 0 N–H and O–H groups in total. The lowest BCUT2D eigenvalue weighted by Crippen LogP contribution is -2.31. The fourth-order valence-electron chi connectivity index (χ4n) is 3.03. The molecule has 0 bridgehead atoms. The summed E-state index contributed by atoms with van der Waals surface area (Å²) in [5.41, 5.74) is 5.54. The van der Waals surface area contributed by atoms with E-state index in [2.05, 4.69) is 82.2 Å². The number of hydrogen-bond donors (Lipinski definition) is 0. The first-order valence-corrected chi connectivity index (χ1v) is 8.35. The van der Waals surface area contributed by atoms with Crippen LogP contribution >= 0.6 is 12.2 Å². The molecule has 24 heavy (non-hydrogen) atoms. The Hall–Kier alpha value is -2.72.